The smallest absolute Gasteiger partial charge is 0.265 e. The number of fused-ring (bicyclic) bond motifs is 1. The predicted molar refractivity (Wildman–Crippen MR) is 76.4 cm³/mol. The van der Waals surface area contributed by atoms with Crippen molar-refractivity contribution in [2.45, 2.75) is 13.3 Å². The van der Waals surface area contributed by atoms with Crippen LogP contribution in [0.4, 0.5) is 11.4 Å². The second-order valence-electron chi connectivity index (χ2n) is 4.85. The Morgan fingerprint density at radius 3 is 3.00 bits per heavy atom. The third kappa shape index (κ3) is 2.98. The topological polar surface area (TPSA) is 67.6 Å². The van der Waals surface area contributed by atoms with Crippen molar-refractivity contribution in [3.63, 3.8) is 0 Å². The van der Waals surface area contributed by atoms with Gasteiger partial charge in [0.25, 0.3) is 5.91 Å². The second-order valence-corrected chi connectivity index (χ2v) is 4.85. The highest BCUT2D eigenvalue weighted by Gasteiger charge is 2.27. The minimum atomic E-state index is -0.00680. The lowest BCUT2D eigenvalue weighted by Gasteiger charge is -2.32. The fourth-order valence-corrected chi connectivity index (χ4v) is 2.30. The Bertz CT molecular complexity index is 462. The van der Waals surface area contributed by atoms with Gasteiger partial charge in [0.2, 0.25) is 0 Å². The number of hydrogen-bond acceptors (Lipinski definition) is 4. The lowest BCUT2D eigenvalue weighted by molar-refractivity contribution is -0.121. The molecule has 104 valence electrons. The Balaban J connectivity index is 2.24. The first kappa shape index (κ1) is 13.7. The molecule has 3 N–H and O–H groups in total. The minimum Gasteiger partial charge on any atom is -0.482 e. The summed E-state index contributed by atoms with van der Waals surface area (Å²) in [5, 5.41) is 3.16. The number of nitrogen functional groups attached to an aromatic ring is 1. The van der Waals surface area contributed by atoms with Gasteiger partial charge < -0.3 is 20.7 Å². The molecule has 1 atom stereocenters. The number of anilines is 2. The first-order valence-electron chi connectivity index (χ1n) is 6.63. The van der Waals surface area contributed by atoms with Gasteiger partial charge in [-0.1, -0.05) is 13.3 Å². The summed E-state index contributed by atoms with van der Waals surface area (Å²) in [6.07, 6.45) is 1.02. The van der Waals surface area contributed by atoms with Crippen LogP contribution in [0.5, 0.6) is 5.75 Å². The quantitative estimate of drug-likeness (QED) is 0.784. The maximum Gasteiger partial charge on any atom is 0.265 e. The van der Waals surface area contributed by atoms with Gasteiger partial charge in [-0.25, -0.2) is 0 Å². The molecule has 5 heteroatoms. The third-order valence-electron chi connectivity index (χ3n) is 3.44. The van der Waals surface area contributed by atoms with E-state index in [-0.39, 0.29) is 12.5 Å². The van der Waals surface area contributed by atoms with Crippen LogP contribution in [0.15, 0.2) is 18.2 Å². The summed E-state index contributed by atoms with van der Waals surface area (Å²) in [6, 6.07) is 5.42. The summed E-state index contributed by atoms with van der Waals surface area (Å²) in [7, 11) is 1.93. The first-order chi connectivity index (χ1) is 9.15. The second kappa shape index (κ2) is 5.93. The normalized spacial score (nSPS) is 15.9. The maximum absolute atomic E-state index is 12.1. The molecule has 0 radical (unpaired) electrons. The molecule has 0 bridgehead atoms. The monoisotopic (exact) mass is 263 g/mol. The molecule has 1 amide bonds. The molecule has 0 saturated carbocycles. The van der Waals surface area contributed by atoms with Crippen molar-refractivity contribution in [3.05, 3.63) is 18.2 Å². The van der Waals surface area contributed by atoms with E-state index in [2.05, 4.69) is 12.2 Å². The number of rotatable bonds is 5. The summed E-state index contributed by atoms with van der Waals surface area (Å²) in [5.41, 5.74) is 7.23. The molecule has 0 aromatic heterocycles. The largest absolute Gasteiger partial charge is 0.482 e. The Morgan fingerprint density at radius 2 is 2.32 bits per heavy atom. The molecule has 1 unspecified atom stereocenters. The zero-order valence-electron chi connectivity index (χ0n) is 11.5. The van der Waals surface area contributed by atoms with Crippen molar-refractivity contribution in [3.8, 4) is 5.75 Å². The highest BCUT2D eigenvalue weighted by molar-refractivity contribution is 5.98. The highest BCUT2D eigenvalue weighted by Crippen LogP contribution is 2.34. The van der Waals surface area contributed by atoms with Crippen molar-refractivity contribution >= 4 is 17.3 Å². The average Bonchev–Trinajstić information content (AvgIpc) is 2.41. The van der Waals surface area contributed by atoms with Crippen LogP contribution < -0.4 is 20.7 Å². The molecule has 1 heterocycles. The van der Waals surface area contributed by atoms with Crippen LogP contribution in [0.25, 0.3) is 0 Å². The summed E-state index contributed by atoms with van der Waals surface area (Å²) in [4.78, 5) is 13.9. The van der Waals surface area contributed by atoms with Crippen LogP contribution in [0.2, 0.25) is 0 Å². The van der Waals surface area contributed by atoms with E-state index in [0.29, 0.717) is 18.2 Å². The van der Waals surface area contributed by atoms with Crippen molar-refractivity contribution in [2.24, 2.45) is 5.92 Å². The number of carbonyl (C=O) groups is 1. The van der Waals surface area contributed by atoms with E-state index in [1.54, 1.807) is 17.0 Å². The van der Waals surface area contributed by atoms with Gasteiger partial charge in [0.1, 0.15) is 5.75 Å². The van der Waals surface area contributed by atoms with Gasteiger partial charge in [-0.2, -0.15) is 0 Å². The van der Waals surface area contributed by atoms with Gasteiger partial charge in [0, 0.05) is 12.2 Å². The van der Waals surface area contributed by atoms with Crippen molar-refractivity contribution in [1.82, 2.24) is 5.32 Å². The van der Waals surface area contributed by atoms with E-state index < -0.39 is 0 Å². The SMILES string of the molecule is CCC(CNC)CN1C(=O)COc2ccc(N)cc21. The molecule has 1 aliphatic heterocycles. The van der Waals surface area contributed by atoms with Crippen LogP contribution >= 0.6 is 0 Å². The molecule has 0 saturated heterocycles. The average molecular weight is 263 g/mol. The molecule has 1 aromatic carbocycles. The summed E-state index contributed by atoms with van der Waals surface area (Å²) in [5.74, 6) is 1.14. The predicted octanol–water partition coefficient (Wildman–Crippen LogP) is 1.24. The van der Waals surface area contributed by atoms with Crippen LogP contribution in [0.1, 0.15) is 13.3 Å². The Kier molecular flexibility index (Phi) is 4.27. The molecule has 19 heavy (non-hydrogen) atoms. The summed E-state index contributed by atoms with van der Waals surface area (Å²) >= 11 is 0. The number of nitrogens with one attached hydrogen (secondary N) is 1. The molecule has 2 rings (SSSR count). The Morgan fingerprint density at radius 1 is 1.53 bits per heavy atom. The van der Waals surface area contributed by atoms with Crippen molar-refractivity contribution in [2.75, 3.05) is 37.4 Å². The third-order valence-corrected chi connectivity index (χ3v) is 3.44. The zero-order chi connectivity index (χ0) is 13.8. The van der Waals surface area contributed by atoms with E-state index in [4.69, 9.17) is 10.5 Å². The van der Waals surface area contributed by atoms with Crippen LogP contribution in [-0.4, -0.2) is 32.7 Å². The zero-order valence-corrected chi connectivity index (χ0v) is 11.5. The molecular weight excluding hydrogens is 242 g/mol. The minimum absolute atomic E-state index is 0.00680. The van der Waals surface area contributed by atoms with Crippen LogP contribution in [0.3, 0.4) is 0 Å². The van der Waals surface area contributed by atoms with Gasteiger partial charge in [-0.15, -0.1) is 0 Å². The molecule has 0 fully saturated rings. The first-order valence-corrected chi connectivity index (χ1v) is 6.63. The number of ether oxygens (including phenoxy) is 1. The molecule has 1 aromatic rings. The standard InChI is InChI=1S/C14H21N3O2/c1-3-10(7-16-2)8-17-12-6-11(15)4-5-13(12)19-9-14(17)18/h4-6,10,16H,3,7-9,15H2,1-2H3. The molecule has 0 spiro atoms. The number of hydrogen-bond donors (Lipinski definition) is 2. The molecule has 0 aliphatic carbocycles. The van der Waals surface area contributed by atoms with Gasteiger partial charge in [0.15, 0.2) is 6.61 Å². The van der Waals surface area contributed by atoms with Gasteiger partial charge in [0.05, 0.1) is 5.69 Å². The molecular formula is C14H21N3O2. The maximum atomic E-state index is 12.1. The summed E-state index contributed by atoms with van der Waals surface area (Å²) < 4.78 is 5.43. The molecule has 1 aliphatic rings. The van der Waals surface area contributed by atoms with Crippen LogP contribution in [-0.2, 0) is 4.79 Å². The number of amides is 1. The fraction of sp³-hybridized carbons (Fsp3) is 0.500. The number of nitrogens with zero attached hydrogens (tertiary/aromatic N) is 1. The Hall–Kier alpha value is -1.75. The Labute approximate surface area is 113 Å². The number of nitrogens with two attached hydrogens (primary N) is 1. The van der Waals surface area contributed by atoms with E-state index in [1.807, 2.05) is 13.1 Å². The van der Waals surface area contributed by atoms with Gasteiger partial charge >= 0.3 is 0 Å². The lowest BCUT2D eigenvalue weighted by Crippen LogP contribution is -2.43. The number of benzene rings is 1. The van der Waals surface area contributed by atoms with Crippen molar-refractivity contribution in [1.29, 1.82) is 0 Å². The van der Waals surface area contributed by atoms with E-state index in [0.717, 1.165) is 24.4 Å². The highest BCUT2D eigenvalue weighted by atomic mass is 16.5. The van der Waals surface area contributed by atoms with Crippen molar-refractivity contribution < 1.29 is 9.53 Å². The van der Waals surface area contributed by atoms with E-state index in [1.165, 1.54) is 0 Å². The van der Waals surface area contributed by atoms with E-state index >= 15 is 0 Å². The van der Waals surface area contributed by atoms with Crippen LogP contribution in [0, 0.1) is 5.92 Å². The van der Waals surface area contributed by atoms with E-state index in [9.17, 15) is 4.79 Å². The fourth-order valence-electron chi connectivity index (χ4n) is 2.30. The number of carbonyl (C=O) groups excluding carboxylic acids is 1. The lowest BCUT2D eigenvalue weighted by atomic mass is 10.0. The summed E-state index contributed by atoms with van der Waals surface area (Å²) in [6.45, 7) is 3.81. The molecule has 5 nitrogen and oxygen atoms in total. The van der Waals surface area contributed by atoms with Gasteiger partial charge in [-0.3, -0.25) is 4.79 Å². The van der Waals surface area contributed by atoms with Gasteiger partial charge in [-0.05, 0) is 37.7 Å².